The summed E-state index contributed by atoms with van der Waals surface area (Å²) in [6.07, 6.45) is 6.03. The summed E-state index contributed by atoms with van der Waals surface area (Å²) < 4.78 is 3.69. The van der Waals surface area contributed by atoms with Gasteiger partial charge in [-0.3, -0.25) is 14.2 Å². The Hall–Kier alpha value is -1.91. The molecule has 0 spiro atoms. The minimum Gasteiger partial charge on any atom is -0.294 e. The van der Waals surface area contributed by atoms with E-state index in [9.17, 15) is 4.79 Å². The third-order valence-corrected chi connectivity index (χ3v) is 3.86. The number of nitrogens with zero attached hydrogens (tertiary/aromatic N) is 4. The number of hydrogen-bond donors (Lipinski definition) is 0. The molecule has 0 bridgehead atoms. The van der Waals surface area contributed by atoms with Crippen LogP contribution in [0.2, 0.25) is 0 Å². The number of aryl methyl sites for hydroxylation is 1. The maximum absolute atomic E-state index is 12.3. The molecule has 2 aromatic heterocycles. The molecule has 2 aromatic rings. The molecule has 5 heteroatoms. The number of rotatable bonds is 6. The summed E-state index contributed by atoms with van der Waals surface area (Å²) >= 11 is 0. The lowest BCUT2D eigenvalue weighted by Crippen LogP contribution is -2.10. The minimum absolute atomic E-state index is 0.0744. The number of aromatic nitrogens is 4. The quantitative estimate of drug-likeness (QED) is 0.761. The highest BCUT2D eigenvalue weighted by Crippen LogP contribution is 2.16. The van der Waals surface area contributed by atoms with Gasteiger partial charge < -0.3 is 0 Å². The summed E-state index contributed by atoms with van der Waals surface area (Å²) in [4.78, 5) is 12.3. The second-order valence-corrected chi connectivity index (χ2v) is 5.12. The van der Waals surface area contributed by atoms with Crippen LogP contribution in [0.5, 0.6) is 0 Å². The van der Waals surface area contributed by atoms with Crippen LogP contribution in [-0.4, -0.2) is 25.3 Å². The Labute approximate surface area is 119 Å². The molecule has 0 amide bonds. The number of carbonyl (C=O) groups is 1. The van der Waals surface area contributed by atoms with E-state index in [0.29, 0.717) is 18.0 Å². The highest BCUT2D eigenvalue weighted by Gasteiger charge is 2.15. The first-order valence-corrected chi connectivity index (χ1v) is 7.12. The highest BCUT2D eigenvalue weighted by molar-refractivity contribution is 5.98. The average Bonchev–Trinajstić information content (AvgIpc) is 3.00. The van der Waals surface area contributed by atoms with Crippen molar-refractivity contribution in [2.45, 2.75) is 46.1 Å². The second-order valence-electron chi connectivity index (χ2n) is 5.12. The molecule has 0 aliphatic rings. The van der Waals surface area contributed by atoms with Crippen molar-refractivity contribution in [3.05, 3.63) is 35.4 Å². The van der Waals surface area contributed by atoms with Gasteiger partial charge in [-0.1, -0.05) is 13.8 Å². The van der Waals surface area contributed by atoms with Crippen molar-refractivity contribution in [1.82, 2.24) is 19.6 Å². The van der Waals surface area contributed by atoms with E-state index in [1.807, 2.05) is 30.9 Å². The van der Waals surface area contributed by atoms with E-state index in [2.05, 4.69) is 24.0 Å². The Morgan fingerprint density at radius 1 is 1.35 bits per heavy atom. The topological polar surface area (TPSA) is 52.7 Å². The second kappa shape index (κ2) is 6.03. The number of ketones is 1. The van der Waals surface area contributed by atoms with Gasteiger partial charge in [0.25, 0.3) is 0 Å². The zero-order chi connectivity index (χ0) is 14.7. The van der Waals surface area contributed by atoms with Crippen molar-refractivity contribution in [2.24, 2.45) is 7.05 Å². The van der Waals surface area contributed by atoms with Crippen molar-refractivity contribution in [2.75, 3.05) is 0 Å². The zero-order valence-electron chi connectivity index (χ0n) is 12.6. The van der Waals surface area contributed by atoms with Crippen LogP contribution in [0.3, 0.4) is 0 Å². The predicted molar refractivity (Wildman–Crippen MR) is 77.8 cm³/mol. The van der Waals surface area contributed by atoms with Gasteiger partial charge in [0.15, 0.2) is 5.78 Å². The van der Waals surface area contributed by atoms with Crippen molar-refractivity contribution in [3.63, 3.8) is 0 Å². The molecule has 0 saturated carbocycles. The van der Waals surface area contributed by atoms with Crippen molar-refractivity contribution >= 4 is 5.78 Å². The van der Waals surface area contributed by atoms with Crippen LogP contribution >= 0.6 is 0 Å². The van der Waals surface area contributed by atoms with Crippen LogP contribution < -0.4 is 0 Å². The number of carbonyl (C=O) groups excluding carboxylic acids is 1. The summed E-state index contributed by atoms with van der Waals surface area (Å²) in [5.41, 5.74) is 2.41. The third-order valence-electron chi connectivity index (χ3n) is 3.86. The molecule has 2 rings (SSSR count). The summed E-state index contributed by atoms with van der Waals surface area (Å²) in [5, 5.41) is 8.63. The number of Topliss-reactive ketones (excluding diaryl/α,β-unsaturated/α-hetero) is 1. The molecule has 0 saturated heterocycles. The van der Waals surface area contributed by atoms with Gasteiger partial charge in [0.05, 0.1) is 29.9 Å². The molecule has 0 N–H and O–H groups in total. The molecule has 108 valence electrons. The molecular formula is C15H22N4O. The van der Waals surface area contributed by atoms with Gasteiger partial charge in [0, 0.05) is 18.9 Å². The first-order valence-electron chi connectivity index (χ1n) is 7.12. The summed E-state index contributed by atoms with van der Waals surface area (Å²) in [5.74, 6) is 0.0744. The molecular weight excluding hydrogens is 252 g/mol. The Morgan fingerprint density at radius 3 is 2.60 bits per heavy atom. The fourth-order valence-electron chi connectivity index (χ4n) is 2.37. The fraction of sp³-hybridized carbons (Fsp3) is 0.533. The Bertz CT molecular complexity index is 593. The van der Waals surface area contributed by atoms with E-state index < -0.39 is 0 Å². The SMILES string of the molecule is CCC(CC)n1ccc(CC(=O)c2cnn(C)c2C)n1. The lowest BCUT2D eigenvalue weighted by Gasteiger charge is -2.12. The van der Waals surface area contributed by atoms with E-state index in [-0.39, 0.29) is 5.78 Å². The molecule has 5 nitrogen and oxygen atoms in total. The van der Waals surface area contributed by atoms with Gasteiger partial charge in [-0.05, 0) is 25.8 Å². The molecule has 0 unspecified atom stereocenters. The van der Waals surface area contributed by atoms with Gasteiger partial charge in [-0.2, -0.15) is 10.2 Å². The molecule has 0 fully saturated rings. The van der Waals surface area contributed by atoms with Gasteiger partial charge in [-0.25, -0.2) is 0 Å². The zero-order valence-corrected chi connectivity index (χ0v) is 12.6. The molecule has 0 aliphatic carbocycles. The lowest BCUT2D eigenvalue weighted by molar-refractivity contribution is 0.0991. The molecule has 2 heterocycles. The standard InChI is InChI=1S/C15H22N4O/c1-5-13(6-2)19-8-7-12(17-19)9-15(20)14-10-16-18(4)11(14)3/h7-8,10,13H,5-6,9H2,1-4H3. The van der Waals surface area contributed by atoms with Crippen LogP contribution in [-0.2, 0) is 13.5 Å². The van der Waals surface area contributed by atoms with Gasteiger partial charge >= 0.3 is 0 Å². The van der Waals surface area contributed by atoms with Crippen LogP contribution in [0.4, 0.5) is 0 Å². The van der Waals surface area contributed by atoms with E-state index in [0.717, 1.165) is 24.2 Å². The Morgan fingerprint density at radius 2 is 2.05 bits per heavy atom. The lowest BCUT2D eigenvalue weighted by atomic mass is 10.1. The summed E-state index contributed by atoms with van der Waals surface area (Å²) in [6.45, 7) is 6.21. The Balaban J connectivity index is 2.11. The van der Waals surface area contributed by atoms with Crippen molar-refractivity contribution in [3.8, 4) is 0 Å². The van der Waals surface area contributed by atoms with Crippen molar-refractivity contribution < 1.29 is 4.79 Å². The molecule has 0 aliphatic heterocycles. The van der Waals surface area contributed by atoms with Crippen LogP contribution in [0.25, 0.3) is 0 Å². The van der Waals surface area contributed by atoms with Crippen LogP contribution in [0, 0.1) is 6.92 Å². The molecule has 0 radical (unpaired) electrons. The first kappa shape index (κ1) is 14.5. The van der Waals surface area contributed by atoms with E-state index in [1.165, 1.54) is 0 Å². The minimum atomic E-state index is 0.0744. The van der Waals surface area contributed by atoms with Gasteiger partial charge in [0.1, 0.15) is 0 Å². The highest BCUT2D eigenvalue weighted by atomic mass is 16.1. The van der Waals surface area contributed by atoms with E-state index in [1.54, 1.807) is 10.9 Å². The first-order chi connectivity index (χ1) is 9.56. The monoisotopic (exact) mass is 274 g/mol. The van der Waals surface area contributed by atoms with E-state index >= 15 is 0 Å². The Kier molecular flexibility index (Phi) is 4.37. The fourth-order valence-corrected chi connectivity index (χ4v) is 2.37. The average molecular weight is 274 g/mol. The summed E-state index contributed by atoms with van der Waals surface area (Å²) in [7, 11) is 1.84. The van der Waals surface area contributed by atoms with Crippen LogP contribution in [0.15, 0.2) is 18.5 Å². The maximum atomic E-state index is 12.3. The third kappa shape index (κ3) is 2.81. The van der Waals surface area contributed by atoms with Gasteiger partial charge in [0.2, 0.25) is 0 Å². The molecule has 0 aromatic carbocycles. The maximum Gasteiger partial charge on any atom is 0.172 e. The number of hydrogen-bond acceptors (Lipinski definition) is 3. The van der Waals surface area contributed by atoms with Gasteiger partial charge in [-0.15, -0.1) is 0 Å². The normalized spacial score (nSPS) is 11.2. The summed E-state index contributed by atoms with van der Waals surface area (Å²) in [6, 6.07) is 2.35. The predicted octanol–water partition coefficient (Wildman–Crippen LogP) is 2.71. The van der Waals surface area contributed by atoms with E-state index in [4.69, 9.17) is 0 Å². The van der Waals surface area contributed by atoms with Crippen molar-refractivity contribution in [1.29, 1.82) is 0 Å². The smallest absolute Gasteiger partial charge is 0.172 e. The molecule has 0 atom stereocenters. The molecule has 20 heavy (non-hydrogen) atoms. The largest absolute Gasteiger partial charge is 0.294 e. The van der Waals surface area contributed by atoms with Crippen LogP contribution in [0.1, 0.15) is 54.5 Å².